The number of nitro benzene ring substituents is 1. The summed E-state index contributed by atoms with van der Waals surface area (Å²) >= 11 is 0.0957. The van der Waals surface area contributed by atoms with Crippen LogP contribution in [-0.4, -0.2) is 12.0 Å². The first-order chi connectivity index (χ1) is 6.19. The highest BCUT2D eigenvalue weighted by Crippen LogP contribution is 2.24. The van der Waals surface area contributed by atoms with Crippen LogP contribution >= 0.6 is 0 Å². The smallest absolute Gasteiger partial charge is 0.496 e. The average Bonchev–Trinajstić information content (AvgIpc) is 2.16. The van der Waals surface area contributed by atoms with Gasteiger partial charge in [-0.15, -0.1) is 0 Å². The molecule has 0 fully saturated rings. The van der Waals surface area contributed by atoms with Gasteiger partial charge < -0.3 is 4.74 Å². The normalized spacial score (nSPS) is 9.31. The van der Waals surface area contributed by atoms with Gasteiger partial charge in [0.15, 0.2) is 0 Å². The van der Waals surface area contributed by atoms with Crippen LogP contribution in [0.2, 0.25) is 0 Å². The molecule has 1 rings (SSSR count). The van der Waals surface area contributed by atoms with Crippen molar-refractivity contribution in [1.29, 1.82) is 0 Å². The standard InChI is InChI=1S/C7H6NO4S/c1-12-5-2-3-7(13-11)6(4-5)8(9)10/h2-4H,1H3/q+1. The molecule has 0 aromatic heterocycles. The van der Waals surface area contributed by atoms with Crippen molar-refractivity contribution in [3.05, 3.63) is 28.3 Å². The molecule has 13 heavy (non-hydrogen) atoms. The number of rotatable bonds is 3. The molecule has 0 aliphatic rings. The van der Waals surface area contributed by atoms with Gasteiger partial charge in [0, 0.05) is 10.3 Å². The maximum atomic E-state index is 10.4. The summed E-state index contributed by atoms with van der Waals surface area (Å²) in [4.78, 5) is 9.93. The molecule has 1 aromatic carbocycles. The van der Waals surface area contributed by atoms with Gasteiger partial charge in [-0.3, -0.25) is 10.1 Å². The predicted octanol–water partition coefficient (Wildman–Crippen LogP) is 1.39. The minimum absolute atomic E-state index is 0.0887. The van der Waals surface area contributed by atoms with E-state index in [-0.39, 0.29) is 22.2 Å². The van der Waals surface area contributed by atoms with Crippen molar-refractivity contribution in [3.63, 3.8) is 0 Å². The van der Waals surface area contributed by atoms with E-state index in [1.165, 1.54) is 25.3 Å². The van der Waals surface area contributed by atoms with E-state index < -0.39 is 4.92 Å². The summed E-state index contributed by atoms with van der Waals surface area (Å²) in [6.45, 7) is 0. The Morgan fingerprint density at radius 1 is 1.54 bits per heavy atom. The quantitative estimate of drug-likeness (QED) is 0.420. The number of nitrogens with zero attached hydrogens (tertiary/aromatic N) is 1. The predicted molar refractivity (Wildman–Crippen MR) is 46.0 cm³/mol. The summed E-state index contributed by atoms with van der Waals surface area (Å²) < 4.78 is 15.2. The molecule has 6 heteroatoms. The van der Waals surface area contributed by atoms with Crippen molar-refractivity contribution >= 4 is 17.4 Å². The molecule has 0 aliphatic carbocycles. The summed E-state index contributed by atoms with van der Waals surface area (Å²) in [5.74, 6) is 0.365. The van der Waals surface area contributed by atoms with Crippen molar-refractivity contribution in [3.8, 4) is 5.75 Å². The van der Waals surface area contributed by atoms with Gasteiger partial charge in [-0.25, -0.2) is 0 Å². The second-order valence-electron chi connectivity index (χ2n) is 2.17. The van der Waals surface area contributed by atoms with Gasteiger partial charge in [-0.1, -0.05) is 0 Å². The van der Waals surface area contributed by atoms with E-state index in [0.717, 1.165) is 0 Å². The van der Waals surface area contributed by atoms with Gasteiger partial charge in [-0.05, 0) is 6.07 Å². The van der Waals surface area contributed by atoms with Crippen molar-refractivity contribution in [1.82, 2.24) is 0 Å². The second-order valence-corrected chi connectivity index (χ2v) is 2.78. The fraction of sp³-hybridized carbons (Fsp3) is 0.143. The van der Waals surface area contributed by atoms with Gasteiger partial charge in [0.1, 0.15) is 5.75 Å². The number of hydrogen-bond donors (Lipinski definition) is 0. The van der Waals surface area contributed by atoms with Gasteiger partial charge in [0.2, 0.25) is 0 Å². The van der Waals surface area contributed by atoms with E-state index in [2.05, 4.69) is 0 Å². The van der Waals surface area contributed by atoms with Crippen molar-refractivity contribution in [2.75, 3.05) is 7.11 Å². The van der Waals surface area contributed by atoms with Crippen LogP contribution in [-0.2, 0) is 15.9 Å². The molecule has 0 aliphatic heterocycles. The van der Waals surface area contributed by atoms with Crippen LogP contribution in [0.3, 0.4) is 0 Å². The van der Waals surface area contributed by atoms with Crippen LogP contribution in [0.4, 0.5) is 5.69 Å². The van der Waals surface area contributed by atoms with Crippen molar-refractivity contribution in [2.24, 2.45) is 0 Å². The zero-order chi connectivity index (χ0) is 9.84. The number of hydrogen-bond acceptors (Lipinski definition) is 4. The lowest BCUT2D eigenvalue weighted by Crippen LogP contribution is -1.93. The highest BCUT2D eigenvalue weighted by atomic mass is 32.1. The Bertz CT molecular complexity index is 352. The van der Waals surface area contributed by atoms with E-state index in [9.17, 15) is 14.3 Å². The van der Waals surface area contributed by atoms with Gasteiger partial charge in [0.25, 0.3) is 0 Å². The van der Waals surface area contributed by atoms with Crippen LogP contribution in [0, 0.1) is 10.1 Å². The molecule has 0 atom stereocenters. The van der Waals surface area contributed by atoms with Gasteiger partial charge in [0.05, 0.1) is 18.1 Å². The van der Waals surface area contributed by atoms with E-state index >= 15 is 0 Å². The Kier molecular flexibility index (Phi) is 2.86. The highest BCUT2D eigenvalue weighted by molar-refractivity contribution is 7.65. The lowest BCUT2D eigenvalue weighted by Gasteiger charge is -1.96. The molecule has 0 saturated heterocycles. The fourth-order valence-corrected chi connectivity index (χ4v) is 1.18. The first-order valence-electron chi connectivity index (χ1n) is 3.31. The second kappa shape index (κ2) is 3.90. The Hall–Kier alpha value is -1.56. The topological polar surface area (TPSA) is 69.4 Å². The summed E-state index contributed by atoms with van der Waals surface area (Å²) in [6, 6.07) is 4.10. The minimum atomic E-state index is -0.608. The summed E-state index contributed by atoms with van der Waals surface area (Å²) in [6.07, 6.45) is 0. The zero-order valence-corrected chi connectivity index (χ0v) is 7.54. The molecule has 0 N–H and O–H groups in total. The third kappa shape index (κ3) is 1.97. The SMILES string of the molecule is COc1ccc([S+]=O)c([N+](=O)[O-])c1. The Balaban J connectivity index is 3.25. The summed E-state index contributed by atoms with van der Waals surface area (Å²) in [7, 11) is 1.41. The maximum Gasteiger partial charge on any atom is 0.512 e. The Morgan fingerprint density at radius 2 is 2.23 bits per heavy atom. The van der Waals surface area contributed by atoms with Crippen LogP contribution in [0.1, 0.15) is 0 Å². The third-order valence-electron chi connectivity index (χ3n) is 1.45. The molecule has 0 spiro atoms. The Morgan fingerprint density at radius 3 is 2.69 bits per heavy atom. The van der Waals surface area contributed by atoms with Crippen molar-refractivity contribution in [2.45, 2.75) is 4.90 Å². The van der Waals surface area contributed by atoms with Crippen LogP contribution in [0.5, 0.6) is 5.75 Å². The molecule has 0 unspecified atom stereocenters. The summed E-state index contributed by atoms with van der Waals surface area (Å²) in [5.41, 5.74) is -0.223. The molecule has 0 radical (unpaired) electrons. The van der Waals surface area contributed by atoms with E-state index in [1.54, 1.807) is 0 Å². The molecule has 1 aromatic rings. The largest absolute Gasteiger partial charge is 0.512 e. The van der Waals surface area contributed by atoms with E-state index in [0.29, 0.717) is 5.75 Å². The molecular weight excluding hydrogens is 194 g/mol. The average molecular weight is 200 g/mol. The van der Waals surface area contributed by atoms with E-state index in [4.69, 9.17) is 4.74 Å². The summed E-state index contributed by atoms with van der Waals surface area (Å²) in [5, 5.41) is 10.4. The minimum Gasteiger partial charge on any atom is -0.496 e. The highest BCUT2D eigenvalue weighted by Gasteiger charge is 2.24. The number of nitro groups is 1. The zero-order valence-electron chi connectivity index (χ0n) is 6.72. The van der Waals surface area contributed by atoms with E-state index in [1.807, 2.05) is 0 Å². The molecule has 0 saturated carbocycles. The first-order valence-corrected chi connectivity index (χ1v) is 4.05. The molecule has 0 amide bonds. The number of benzene rings is 1. The van der Waals surface area contributed by atoms with Crippen LogP contribution in [0.15, 0.2) is 23.1 Å². The van der Waals surface area contributed by atoms with Crippen molar-refractivity contribution < 1.29 is 13.9 Å². The lowest BCUT2D eigenvalue weighted by atomic mass is 10.3. The number of methoxy groups -OCH3 is 1. The van der Waals surface area contributed by atoms with Gasteiger partial charge >= 0.3 is 22.2 Å². The van der Waals surface area contributed by atoms with Crippen LogP contribution < -0.4 is 4.74 Å². The molecule has 68 valence electrons. The first kappa shape index (κ1) is 9.53. The third-order valence-corrected chi connectivity index (χ3v) is 1.98. The molecular formula is C7H6NO4S+. The molecule has 5 nitrogen and oxygen atoms in total. The molecule has 0 heterocycles. The monoisotopic (exact) mass is 200 g/mol. The lowest BCUT2D eigenvalue weighted by molar-refractivity contribution is -0.387. The van der Waals surface area contributed by atoms with Crippen LogP contribution in [0.25, 0.3) is 0 Å². The fourth-order valence-electron chi connectivity index (χ4n) is 0.837. The Labute approximate surface area is 78.0 Å². The maximum absolute atomic E-state index is 10.4. The van der Waals surface area contributed by atoms with Gasteiger partial charge in [-0.2, -0.15) is 0 Å². The molecule has 0 bridgehead atoms. The number of ether oxygens (including phenoxy) is 1.